The van der Waals surface area contributed by atoms with E-state index in [2.05, 4.69) is 29.1 Å². The number of aliphatic carboxylic acids is 1. The summed E-state index contributed by atoms with van der Waals surface area (Å²) in [7, 11) is 0. The van der Waals surface area contributed by atoms with Crippen LogP contribution in [0, 0.1) is 11.7 Å². The molecule has 0 unspecified atom stereocenters. The van der Waals surface area contributed by atoms with Gasteiger partial charge in [-0.1, -0.05) is 36.3 Å². The van der Waals surface area contributed by atoms with Gasteiger partial charge in [-0.25, -0.2) is 4.39 Å². The molecule has 7 heteroatoms. The predicted molar refractivity (Wildman–Crippen MR) is 134 cm³/mol. The Bertz CT molecular complexity index is 1180. The first kappa shape index (κ1) is 24.1. The number of aryl methyl sites for hydroxylation is 1. The quantitative estimate of drug-likeness (QED) is 0.303. The lowest BCUT2D eigenvalue weighted by atomic mass is 9.99. The largest absolute Gasteiger partial charge is 0.481 e. The molecule has 34 heavy (non-hydrogen) atoms. The normalized spacial score (nSPS) is 16.7. The molecule has 5 nitrogen and oxygen atoms in total. The van der Waals surface area contributed by atoms with Crippen LogP contribution in [0.5, 0.6) is 0 Å². The van der Waals surface area contributed by atoms with E-state index in [-0.39, 0.29) is 18.3 Å². The van der Waals surface area contributed by atoms with Crippen LogP contribution < -0.4 is 0 Å². The van der Waals surface area contributed by atoms with Crippen molar-refractivity contribution < 1.29 is 19.1 Å². The van der Waals surface area contributed by atoms with Gasteiger partial charge in [-0.15, -0.1) is 0 Å². The third kappa shape index (κ3) is 5.72. The van der Waals surface area contributed by atoms with Crippen LogP contribution in [-0.4, -0.2) is 34.8 Å². The monoisotopic (exact) mass is 480 g/mol. The van der Waals surface area contributed by atoms with E-state index in [1.54, 1.807) is 17.4 Å². The Labute approximate surface area is 203 Å². The number of halogens is 1. The van der Waals surface area contributed by atoms with Crippen molar-refractivity contribution in [1.82, 2.24) is 4.90 Å². The van der Waals surface area contributed by atoms with Gasteiger partial charge in [-0.3, -0.25) is 9.69 Å². The molecule has 1 aliphatic rings. The number of oxime groups is 1. The average Bonchev–Trinajstić information content (AvgIpc) is 3.52. The molecule has 1 atom stereocenters. The van der Waals surface area contributed by atoms with Crippen molar-refractivity contribution in [3.63, 3.8) is 0 Å². The molecule has 0 aliphatic carbocycles. The standard InChI is InChI=1S/C27H29FN2O3S/c1-3-20-13-21(5-6-22(20)14-30-10-8-23(15-30)27(31)32)18(2)29-33-16-19-4-7-25(26(28)12-19)24-9-11-34-17-24/h4-7,9,11-13,17,23H,3,8,10,14-16H2,1-2H3,(H,31,32)/b29-18+/t23-/m0/s1. The second kappa shape index (κ2) is 10.9. The SMILES string of the molecule is CCc1cc(/C(C)=N/OCc2ccc(-c3ccsc3)c(F)c2)ccc1CN1CC[C@H](C(=O)O)C1. The molecule has 2 aromatic carbocycles. The molecule has 1 saturated heterocycles. The van der Waals surface area contributed by atoms with E-state index in [0.717, 1.165) is 41.9 Å². The van der Waals surface area contributed by atoms with Crippen molar-refractivity contribution in [3.8, 4) is 11.1 Å². The number of carboxylic acids is 1. The third-order valence-electron chi connectivity index (χ3n) is 6.32. The Kier molecular flexibility index (Phi) is 7.75. The van der Waals surface area contributed by atoms with Gasteiger partial charge in [0, 0.05) is 18.7 Å². The van der Waals surface area contributed by atoms with Gasteiger partial charge in [-0.05, 0) is 83.1 Å². The zero-order valence-electron chi connectivity index (χ0n) is 19.5. The highest BCUT2D eigenvalue weighted by Crippen LogP contribution is 2.26. The number of likely N-dealkylation sites (tertiary alicyclic amines) is 1. The summed E-state index contributed by atoms with van der Waals surface area (Å²) in [6.07, 6.45) is 1.59. The van der Waals surface area contributed by atoms with E-state index < -0.39 is 5.97 Å². The molecule has 178 valence electrons. The zero-order chi connectivity index (χ0) is 24.1. The molecule has 3 aromatic rings. The van der Waals surface area contributed by atoms with Gasteiger partial charge in [0.2, 0.25) is 0 Å². The Morgan fingerprint density at radius 2 is 2.09 bits per heavy atom. The lowest BCUT2D eigenvalue weighted by Gasteiger charge is -2.18. The van der Waals surface area contributed by atoms with E-state index >= 15 is 0 Å². The maximum Gasteiger partial charge on any atom is 0.307 e. The molecule has 0 spiro atoms. The van der Waals surface area contributed by atoms with Gasteiger partial charge in [0.1, 0.15) is 12.4 Å². The van der Waals surface area contributed by atoms with Crippen LogP contribution in [0.2, 0.25) is 0 Å². The van der Waals surface area contributed by atoms with Gasteiger partial charge in [-0.2, -0.15) is 11.3 Å². The van der Waals surface area contributed by atoms with Gasteiger partial charge >= 0.3 is 5.97 Å². The highest BCUT2D eigenvalue weighted by atomic mass is 32.1. The maximum atomic E-state index is 14.5. The number of carbonyl (C=O) groups is 1. The van der Waals surface area contributed by atoms with Crippen molar-refractivity contribution in [2.45, 2.75) is 39.8 Å². The number of benzene rings is 2. The second-order valence-corrected chi connectivity index (χ2v) is 9.45. The van der Waals surface area contributed by atoms with Crippen molar-refractivity contribution in [3.05, 3.63) is 81.3 Å². The van der Waals surface area contributed by atoms with Crippen molar-refractivity contribution >= 4 is 23.0 Å². The molecule has 4 rings (SSSR count). The fraction of sp³-hybridized carbons (Fsp3) is 0.333. The van der Waals surface area contributed by atoms with Crippen LogP contribution in [0.25, 0.3) is 11.1 Å². The highest BCUT2D eigenvalue weighted by molar-refractivity contribution is 7.08. The van der Waals surface area contributed by atoms with E-state index in [0.29, 0.717) is 18.5 Å². The highest BCUT2D eigenvalue weighted by Gasteiger charge is 2.28. The first-order valence-corrected chi connectivity index (χ1v) is 12.4. The molecular formula is C27H29FN2O3S. The summed E-state index contributed by atoms with van der Waals surface area (Å²) in [6, 6.07) is 13.3. The summed E-state index contributed by atoms with van der Waals surface area (Å²) in [5, 5.41) is 17.3. The molecule has 1 aliphatic heterocycles. The van der Waals surface area contributed by atoms with Crippen molar-refractivity contribution in [1.29, 1.82) is 0 Å². The number of hydrogen-bond donors (Lipinski definition) is 1. The summed E-state index contributed by atoms with van der Waals surface area (Å²) in [5.41, 5.74) is 6.36. The fourth-order valence-corrected chi connectivity index (χ4v) is 4.97. The van der Waals surface area contributed by atoms with Crippen molar-refractivity contribution in [2.75, 3.05) is 13.1 Å². The number of nitrogens with zero attached hydrogens (tertiary/aromatic N) is 2. The van der Waals surface area contributed by atoms with Crippen LogP contribution >= 0.6 is 11.3 Å². The van der Waals surface area contributed by atoms with Crippen LogP contribution in [-0.2, 0) is 29.2 Å². The average molecular weight is 481 g/mol. The third-order valence-corrected chi connectivity index (χ3v) is 7.00. The van der Waals surface area contributed by atoms with Crippen LogP contribution in [0.15, 0.2) is 58.4 Å². The molecular weight excluding hydrogens is 451 g/mol. The number of thiophene rings is 1. The van der Waals surface area contributed by atoms with E-state index in [9.17, 15) is 14.3 Å². The summed E-state index contributed by atoms with van der Waals surface area (Å²) >= 11 is 1.54. The van der Waals surface area contributed by atoms with Crippen LogP contribution in [0.4, 0.5) is 4.39 Å². The first-order chi connectivity index (χ1) is 16.4. The summed E-state index contributed by atoms with van der Waals surface area (Å²) in [5.74, 6) is -1.24. The Morgan fingerprint density at radius 3 is 2.76 bits per heavy atom. The molecule has 1 fully saturated rings. The smallest absolute Gasteiger partial charge is 0.307 e. The predicted octanol–water partition coefficient (Wildman–Crippen LogP) is 5.96. The van der Waals surface area contributed by atoms with E-state index in [4.69, 9.17) is 4.84 Å². The Balaban J connectivity index is 1.37. The minimum Gasteiger partial charge on any atom is -0.481 e. The molecule has 0 bridgehead atoms. The number of rotatable bonds is 9. The van der Waals surface area contributed by atoms with Crippen molar-refractivity contribution in [2.24, 2.45) is 11.1 Å². The van der Waals surface area contributed by atoms with Crippen LogP contribution in [0.1, 0.15) is 42.5 Å². The first-order valence-electron chi connectivity index (χ1n) is 11.5. The Hall–Kier alpha value is -3.03. The lowest BCUT2D eigenvalue weighted by Crippen LogP contribution is -2.23. The van der Waals surface area contributed by atoms with E-state index in [1.165, 1.54) is 17.2 Å². The van der Waals surface area contributed by atoms with Gasteiger partial charge < -0.3 is 9.94 Å². The van der Waals surface area contributed by atoms with E-state index in [1.807, 2.05) is 35.9 Å². The van der Waals surface area contributed by atoms with Gasteiger partial charge in [0.15, 0.2) is 0 Å². The fourth-order valence-electron chi connectivity index (χ4n) is 4.31. The molecule has 2 heterocycles. The molecule has 1 aromatic heterocycles. The van der Waals surface area contributed by atoms with Crippen LogP contribution in [0.3, 0.4) is 0 Å². The summed E-state index contributed by atoms with van der Waals surface area (Å²) in [4.78, 5) is 19.0. The molecule has 0 amide bonds. The lowest BCUT2D eigenvalue weighted by molar-refractivity contribution is -0.141. The minimum absolute atomic E-state index is 0.191. The maximum absolute atomic E-state index is 14.5. The second-order valence-electron chi connectivity index (χ2n) is 8.67. The molecule has 0 saturated carbocycles. The minimum atomic E-state index is -0.707. The number of hydrogen-bond acceptors (Lipinski definition) is 5. The molecule has 0 radical (unpaired) electrons. The topological polar surface area (TPSA) is 62.1 Å². The van der Waals surface area contributed by atoms with Gasteiger partial charge in [0.05, 0.1) is 11.6 Å². The molecule has 1 N–H and O–H groups in total. The Morgan fingerprint density at radius 1 is 1.24 bits per heavy atom. The summed E-state index contributed by atoms with van der Waals surface area (Å²) in [6.45, 7) is 6.37. The number of carboxylic acid groups (broad SMARTS) is 1. The van der Waals surface area contributed by atoms with Gasteiger partial charge in [0.25, 0.3) is 0 Å². The summed E-state index contributed by atoms with van der Waals surface area (Å²) < 4.78 is 14.5. The zero-order valence-corrected chi connectivity index (χ0v) is 20.3.